The smallest absolute Gasteiger partial charge is 0.321 e. The standard InChI is InChI=1S/C10H17NO3/c1-4-7-11(2)8(12)10(5-6-10)9(13)14-3/h4-7H2,1-3H3. The van der Waals surface area contributed by atoms with E-state index in [1.807, 2.05) is 6.92 Å². The van der Waals surface area contributed by atoms with E-state index in [0.29, 0.717) is 19.4 Å². The predicted molar refractivity (Wildman–Crippen MR) is 51.6 cm³/mol. The molecule has 1 aliphatic carbocycles. The number of esters is 1. The zero-order valence-corrected chi connectivity index (χ0v) is 9.00. The molecule has 0 bridgehead atoms. The van der Waals surface area contributed by atoms with Crippen molar-refractivity contribution >= 4 is 11.9 Å². The fraction of sp³-hybridized carbons (Fsp3) is 0.800. The van der Waals surface area contributed by atoms with E-state index in [0.717, 1.165) is 6.42 Å². The van der Waals surface area contributed by atoms with Crippen LogP contribution in [-0.4, -0.2) is 37.5 Å². The van der Waals surface area contributed by atoms with Crippen molar-refractivity contribution in [2.24, 2.45) is 5.41 Å². The van der Waals surface area contributed by atoms with Crippen LogP contribution in [0, 0.1) is 5.41 Å². The normalized spacial score (nSPS) is 17.4. The van der Waals surface area contributed by atoms with E-state index in [4.69, 9.17) is 0 Å². The van der Waals surface area contributed by atoms with Gasteiger partial charge in [-0.1, -0.05) is 6.92 Å². The molecule has 0 aromatic carbocycles. The summed E-state index contributed by atoms with van der Waals surface area (Å²) in [6, 6.07) is 0. The van der Waals surface area contributed by atoms with Crippen LogP contribution in [0.5, 0.6) is 0 Å². The molecule has 0 aromatic heterocycles. The highest BCUT2D eigenvalue weighted by Gasteiger charge is 2.58. The lowest BCUT2D eigenvalue weighted by Gasteiger charge is -2.21. The number of amides is 1. The van der Waals surface area contributed by atoms with Crippen LogP contribution in [-0.2, 0) is 14.3 Å². The Bertz CT molecular complexity index is 246. The molecule has 1 rings (SSSR count). The molecule has 0 radical (unpaired) electrons. The maximum atomic E-state index is 11.8. The predicted octanol–water partition coefficient (Wildman–Crippen LogP) is 0.808. The summed E-state index contributed by atoms with van der Waals surface area (Å²) in [4.78, 5) is 24.8. The molecule has 1 aliphatic rings. The average molecular weight is 199 g/mol. The van der Waals surface area contributed by atoms with Gasteiger partial charge in [0.05, 0.1) is 7.11 Å². The Hall–Kier alpha value is -1.06. The van der Waals surface area contributed by atoms with E-state index < -0.39 is 5.41 Å². The molecule has 80 valence electrons. The van der Waals surface area contributed by atoms with Crippen LogP contribution in [0.3, 0.4) is 0 Å². The van der Waals surface area contributed by atoms with Crippen LogP contribution in [0.15, 0.2) is 0 Å². The van der Waals surface area contributed by atoms with E-state index >= 15 is 0 Å². The molecule has 0 aromatic rings. The van der Waals surface area contributed by atoms with E-state index in [1.54, 1.807) is 11.9 Å². The third-order valence-electron chi connectivity index (χ3n) is 2.64. The zero-order valence-electron chi connectivity index (χ0n) is 9.00. The van der Waals surface area contributed by atoms with Gasteiger partial charge in [0.1, 0.15) is 5.41 Å². The Balaban J connectivity index is 2.64. The van der Waals surface area contributed by atoms with Crippen molar-refractivity contribution in [1.82, 2.24) is 4.90 Å². The summed E-state index contributed by atoms with van der Waals surface area (Å²) < 4.78 is 4.64. The molecule has 0 aliphatic heterocycles. The van der Waals surface area contributed by atoms with E-state index in [9.17, 15) is 9.59 Å². The lowest BCUT2D eigenvalue weighted by atomic mass is 10.1. The molecule has 1 amide bonds. The molecule has 4 heteroatoms. The minimum atomic E-state index is -0.835. The first kappa shape index (κ1) is 11.0. The molecule has 4 nitrogen and oxygen atoms in total. The summed E-state index contributed by atoms with van der Waals surface area (Å²) in [5.41, 5.74) is -0.835. The molecule has 0 heterocycles. The minimum absolute atomic E-state index is 0.0915. The number of methoxy groups -OCH3 is 1. The largest absolute Gasteiger partial charge is 0.468 e. The van der Waals surface area contributed by atoms with Crippen molar-refractivity contribution in [2.45, 2.75) is 26.2 Å². The lowest BCUT2D eigenvalue weighted by molar-refractivity contribution is -0.155. The highest BCUT2D eigenvalue weighted by Crippen LogP contribution is 2.48. The molecule has 14 heavy (non-hydrogen) atoms. The van der Waals surface area contributed by atoms with Gasteiger partial charge in [0.15, 0.2) is 0 Å². The summed E-state index contributed by atoms with van der Waals surface area (Å²) in [6.45, 7) is 2.69. The van der Waals surface area contributed by atoms with E-state index in [2.05, 4.69) is 4.74 Å². The van der Waals surface area contributed by atoms with Crippen molar-refractivity contribution in [3.63, 3.8) is 0 Å². The third-order valence-corrected chi connectivity index (χ3v) is 2.64. The van der Waals surface area contributed by atoms with Crippen LogP contribution in [0.1, 0.15) is 26.2 Å². The second-order valence-electron chi connectivity index (χ2n) is 3.80. The van der Waals surface area contributed by atoms with Gasteiger partial charge >= 0.3 is 5.97 Å². The minimum Gasteiger partial charge on any atom is -0.468 e. The summed E-state index contributed by atoms with van der Waals surface area (Å²) >= 11 is 0. The summed E-state index contributed by atoms with van der Waals surface area (Å²) in [5, 5.41) is 0. The van der Waals surface area contributed by atoms with Gasteiger partial charge in [-0.3, -0.25) is 9.59 Å². The van der Waals surface area contributed by atoms with Crippen molar-refractivity contribution in [3.05, 3.63) is 0 Å². The number of rotatable bonds is 4. The number of carbonyl (C=O) groups excluding carboxylic acids is 2. The average Bonchev–Trinajstić information content (AvgIpc) is 2.97. The molecular weight excluding hydrogens is 182 g/mol. The molecule has 0 unspecified atom stereocenters. The Morgan fingerprint density at radius 1 is 1.43 bits per heavy atom. The van der Waals surface area contributed by atoms with E-state index in [1.165, 1.54) is 7.11 Å². The quantitative estimate of drug-likeness (QED) is 0.497. The zero-order chi connectivity index (χ0) is 10.8. The van der Waals surface area contributed by atoms with Crippen LogP contribution >= 0.6 is 0 Å². The Kier molecular flexibility index (Phi) is 3.13. The van der Waals surface area contributed by atoms with Crippen molar-refractivity contribution in [3.8, 4) is 0 Å². The first-order chi connectivity index (χ1) is 6.58. The fourth-order valence-corrected chi connectivity index (χ4v) is 1.63. The topological polar surface area (TPSA) is 46.6 Å². The highest BCUT2D eigenvalue weighted by atomic mass is 16.5. The lowest BCUT2D eigenvalue weighted by Crippen LogP contribution is -2.39. The third kappa shape index (κ3) is 1.74. The van der Waals surface area contributed by atoms with Crippen molar-refractivity contribution in [2.75, 3.05) is 20.7 Å². The molecule has 1 saturated carbocycles. The van der Waals surface area contributed by atoms with Gasteiger partial charge in [-0.25, -0.2) is 0 Å². The van der Waals surface area contributed by atoms with Crippen molar-refractivity contribution in [1.29, 1.82) is 0 Å². The Labute approximate surface area is 84.2 Å². The van der Waals surface area contributed by atoms with E-state index in [-0.39, 0.29) is 11.9 Å². The molecule has 1 fully saturated rings. The number of nitrogens with zero attached hydrogens (tertiary/aromatic N) is 1. The molecular formula is C10H17NO3. The first-order valence-corrected chi connectivity index (χ1v) is 4.92. The van der Waals surface area contributed by atoms with Gasteiger partial charge in [0.2, 0.25) is 5.91 Å². The van der Waals surface area contributed by atoms with Crippen LogP contribution in [0.4, 0.5) is 0 Å². The molecule has 0 atom stereocenters. The van der Waals surface area contributed by atoms with Gasteiger partial charge in [0.25, 0.3) is 0 Å². The second-order valence-corrected chi connectivity index (χ2v) is 3.80. The summed E-state index contributed by atoms with van der Waals surface area (Å²) in [6.07, 6.45) is 2.17. The fourth-order valence-electron chi connectivity index (χ4n) is 1.63. The monoisotopic (exact) mass is 199 g/mol. The Morgan fingerprint density at radius 3 is 2.36 bits per heavy atom. The van der Waals surface area contributed by atoms with Crippen LogP contribution < -0.4 is 0 Å². The second kappa shape index (κ2) is 3.98. The van der Waals surface area contributed by atoms with Gasteiger partial charge in [0, 0.05) is 13.6 Å². The van der Waals surface area contributed by atoms with Gasteiger partial charge in [-0.2, -0.15) is 0 Å². The highest BCUT2D eigenvalue weighted by molar-refractivity contribution is 6.05. The maximum Gasteiger partial charge on any atom is 0.321 e. The SMILES string of the molecule is CCCN(C)C(=O)C1(C(=O)OC)CC1. The summed E-state index contributed by atoms with van der Waals surface area (Å²) in [7, 11) is 3.06. The van der Waals surface area contributed by atoms with Crippen LogP contribution in [0.2, 0.25) is 0 Å². The molecule has 0 N–H and O–H groups in total. The van der Waals surface area contributed by atoms with Gasteiger partial charge in [-0.15, -0.1) is 0 Å². The van der Waals surface area contributed by atoms with Crippen molar-refractivity contribution < 1.29 is 14.3 Å². The summed E-state index contributed by atoms with van der Waals surface area (Å²) in [5.74, 6) is -0.475. The maximum absolute atomic E-state index is 11.8. The number of hydrogen-bond donors (Lipinski definition) is 0. The van der Waals surface area contributed by atoms with Gasteiger partial charge < -0.3 is 9.64 Å². The molecule has 0 spiro atoms. The number of ether oxygens (including phenoxy) is 1. The molecule has 0 saturated heterocycles. The number of carbonyl (C=O) groups is 2. The van der Waals surface area contributed by atoms with Crippen LogP contribution in [0.25, 0.3) is 0 Å². The Morgan fingerprint density at radius 2 is 2.00 bits per heavy atom. The number of hydrogen-bond acceptors (Lipinski definition) is 3. The van der Waals surface area contributed by atoms with Gasteiger partial charge in [-0.05, 0) is 19.3 Å². The first-order valence-electron chi connectivity index (χ1n) is 4.92.